The molecule has 2 heterocycles. The first-order valence-electron chi connectivity index (χ1n) is 8.80. The third-order valence-electron chi connectivity index (χ3n) is 5.44. The standard InChI is InChI=1S/C21H21NO4/c1-14-9-17-13-26-20(24)21(17,10-14)11-15-4-6-16(7-5-15)19(23)22-12-18-3-2-8-25-18/h2-8,17H,1,9-13H2,(H,22,23)/t17-,21+/m1/s1. The van der Waals surface area contributed by atoms with E-state index < -0.39 is 5.41 Å². The molecule has 1 amide bonds. The third kappa shape index (κ3) is 2.94. The van der Waals surface area contributed by atoms with Gasteiger partial charge in [0.15, 0.2) is 0 Å². The Morgan fingerprint density at radius 1 is 1.27 bits per heavy atom. The highest BCUT2D eigenvalue weighted by molar-refractivity contribution is 5.94. The van der Waals surface area contributed by atoms with Crippen molar-refractivity contribution in [2.45, 2.75) is 25.8 Å². The van der Waals surface area contributed by atoms with Gasteiger partial charge in [-0.05, 0) is 49.1 Å². The second-order valence-corrected chi connectivity index (χ2v) is 7.22. The van der Waals surface area contributed by atoms with Gasteiger partial charge in [-0.25, -0.2) is 0 Å². The average molecular weight is 351 g/mol. The second kappa shape index (κ2) is 6.48. The van der Waals surface area contributed by atoms with E-state index in [2.05, 4.69) is 11.9 Å². The first-order chi connectivity index (χ1) is 12.6. The van der Waals surface area contributed by atoms with Gasteiger partial charge in [0, 0.05) is 11.5 Å². The Labute approximate surface area is 152 Å². The maximum Gasteiger partial charge on any atom is 0.313 e. The number of amides is 1. The van der Waals surface area contributed by atoms with E-state index in [1.807, 2.05) is 18.2 Å². The van der Waals surface area contributed by atoms with Crippen LogP contribution in [0.5, 0.6) is 0 Å². The van der Waals surface area contributed by atoms with Crippen LogP contribution in [0.1, 0.15) is 34.5 Å². The fourth-order valence-electron chi connectivity index (χ4n) is 4.08. The van der Waals surface area contributed by atoms with Crippen molar-refractivity contribution in [1.29, 1.82) is 0 Å². The third-order valence-corrected chi connectivity index (χ3v) is 5.44. The van der Waals surface area contributed by atoms with Crippen LogP contribution in [-0.2, 0) is 22.5 Å². The lowest BCUT2D eigenvalue weighted by atomic mass is 9.75. The van der Waals surface area contributed by atoms with Gasteiger partial charge in [-0.3, -0.25) is 9.59 Å². The predicted octanol–water partition coefficient (Wildman–Crippen LogP) is 3.26. The molecule has 0 radical (unpaired) electrons. The summed E-state index contributed by atoms with van der Waals surface area (Å²) in [5.74, 6) is 0.667. The van der Waals surface area contributed by atoms with Gasteiger partial charge in [0.25, 0.3) is 5.91 Å². The molecular weight excluding hydrogens is 330 g/mol. The number of ether oxygens (including phenoxy) is 1. The number of cyclic esters (lactones) is 1. The number of rotatable bonds is 5. The van der Waals surface area contributed by atoms with Gasteiger partial charge in [-0.15, -0.1) is 0 Å². The summed E-state index contributed by atoms with van der Waals surface area (Å²) in [4.78, 5) is 24.6. The molecule has 1 aliphatic carbocycles. The van der Waals surface area contributed by atoms with Crippen molar-refractivity contribution < 1.29 is 18.7 Å². The number of esters is 1. The maximum atomic E-state index is 12.4. The lowest BCUT2D eigenvalue weighted by Gasteiger charge is -2.24. The Morgan fingerprint density at radius 2 is 2.08 bits per heavy atom. The Kier molecular flexibility index (Phi) is 4.15. The van der Waals surface area contributed by atoms with Crippen LogP contribution in [0.3, 0.4) is 0 Å². The molecule has 1 saturated heterocycles. The summed E-state index contributed by atoms with van der Waals surface area (Å²) < 4.78 is 10.5. The zero-order chi connectivity index (χ0) is 18.1. The number of furan rings is 1. The number of fused-ring (bicyclic) bond motifs is 1. The van der Waals surface area contributed by atoms with Crippen molar-refractivity contribution in [1.82, 2.24) is 5.32 Å². The molecule has 4 rings (SSSR count). The highest BCUT2D eigenvalue weighted by Gasteiger charge is 2.55. The molecule has 0 spiro atoms. The molecule has 1 aliphatic heterocycles. The molecule has 26 heavy (non-hydrogen) atoms. The molecule has 2 aliphatic rings. The Hall–Kier alpha value is -2.82. The molecule has 2 atom stereocenters. The molecule has 5 nitrogen and oxygen atoms in total. The molecule has 0 bridgehead atoms. The number of hydrogen-bond donors (Lipinski definition) is 1. The van der Waals surface area contributed by atoms with Gasteiger partial charge in [-0.2, -0.15) is 0 Å². The summed E-state index contributed by atoms with van der Waals surface area (Å²) >= 11 is 0. The van der Waals surface area contributed by atoms with E-state index in [0.29, 0.717) is 37.3 Å². The van der Waals surface area contributed by atoms with Crippen LogP contribution in [0.15, 0.2) is 59.2 Å². The van der Waals surface area contributed by atoms with E-state index in [9.17, 15) is 9.59 Å². The number of benzene rings is 1. The molecule has 1 N–H and O–H groups in total. The lowest BCUT2D eigenvalue weighted by Crippen LogP contribution is -2.31. The van der Waals surface area contributed by atoms with Crippen LogP contribution < -0.4 is 5.32 Å². The van der Waals surface area contributed by atoms with Gasteiger partial charge in [-0.1, -0.05) is 24.3 Å². The molecule has 2 fully saturated rings. The monoisotopic (exact) mass is 351 g/mol. The molecular formula is C21H21NO4. The van der Waals surface area contributed by atoms with E-state index in [-0.39, 0.29) is 17.8 Å². The van der Waals surface area contributed by atoms with Crippen molar-refractivity contribution in [3.05, 3.63) is 71.7 Å². The predicted molar refractivity (Wildman–Crippen MR) is 95.3 cm³/mol. The van der Waals surface area contributed by atoms with Gasteiger partial charge < -0.3 is 14.5 Å². The Morgan fingerprint density at radius 3 is 2.81 bits per heavy atom. The SMILES string of the molecule is C=C1C[C@@H]2COC(=O)[C@]2(Cc2ccc(C(=O)NCc3ccco3)cc2)C1. The van der Waals surface area contributed by atoms with Crippen LogP contribution in [0.4, 0.5) is 0 Å². The molecule has 0 unspecified atom stereocenters. The zero-order valence-electron chi connectivity index (χ0n) is 14.5. The summed E-state index contributed by atoms with van der Waals surface area (Å²) in [6, 6.07) is 11.0. The molecule has 5 heteroatoms. The molecule has 2 aromatic rings. The van der Waals surface area contributed by atoms with Gasteiger partial charge >= 0.3 is 5.97 Å². The average Bonchev–Trinajstić information content (AvgIpc) is 3.32. The van der Waals surface area contributed by atoms with Crippen molar-refractivity contribution in [3.8, 4) is 0 Å². The molecule has 1 aromatic carbocycles. The number of carbonyl (C=O) groups is 2. The van der Waals surface area contributed by atoms with Crippen LogP contribution >= 0.6 is 0 Å². The topological polar surface area (TPSA) is 68.5 Å². The Balaban J connectivity index is 1.43. The van der Waals surface area contributed by atoms with Gasteiger partial charge in [0.1, 0.15) is 5.76 Å². The van der Waals surface area contributed by atoms with Crippen molar-refractivity contribution >= 4 is 11.9 Å². The van der Waals surface area contributed by atoms with E-state index in [1.165, 1.54) is 0 Å². The lowest BCUT2D eigenvalue weighted by molar-refractivity contribution is -0.146. The van der Waals surface area contributed by atoms with E-state index in [4.69, 9.17) is 9.15 Å². The second-order valence-electron chi connectivity index (χ2n) is 7.22. The fraction of sp³-hybridized carbons (Fsp3) is 0.333. The van der Waals surface area contributed by atoms with E-state index in [0.717, 1.165) is 17.6 Å². The quantitative estimate of drug-likeness (QED) is 0.663. The number of allylic oxidation sites excluding steroid dienone is 1. The maximum absolute atomic E-state index is 12.4. The highest BCUT2D eigenvalue weighted by atomic mass is 16.5. The fourth-order valence-corrected chi connectivity index (χ4v) is 4.08. The Bertz CT molecular complexity index is 837. The highest BCUT2D eigenvalue weighted by Crippen LogP contribution is 2.52. The van der Waals surface area contributed by atoms with Crippen molar-refractivity contribution in [3.63, 3.8) is 0 Å². The summed E-state index contributed by atoms with van der Waals surface area (Å²) in [5, 5.41) is 2.82. The van der Waals surface area contributed by atoms with Crippen molar-refractivity contribution in [2.24, 2.45) is 11.3 Å². The van der Waals surface area contributed by atoms with Crippen LogP contribution in [-0.4, -0.2) is 18.5 Å². The van der Waals surface area contributed by atoms with Gasteiger partial charge in [0.2, 0.25) is 0 Å². The van der Waals surface area contributed by atoms with E-state index >= 15 is 0 Å². The number of nitrogens with one attached hydrogen (secondary N) is 1. The smallest absolute Gasteiger partial charge is 0.313 e. The van der Waals surface area contributed by atoms with Crippen LogP contribution in [0.2, 0.25) is 0 Å². The molecule has 1 saturated carbocycles. The minimum absolute atomic E-state index is 0.110. The molecule has 1 aromatic heterocycles. The van der Waals surface area contributed by atoms with Crippen molar-refractivity contribution in [2.75, 3.05) is 6.61 Å². The van der Waals surface area contributed by atoms with Gasteiger partial charge in [0.05, 0.1) is 24.8 Å². The summed E-state index contributed by atoms with van der Waals surface area (Å²) in [6.07, 6.45) is 3.76. The van der Waals surface area contributed by atoms with Crippen LogP contribution in [0, 0.1) is 11.3 Å². The number of carbonyl (C=O) groups excluding carboxylic acids is 2. The minimum Gasteiger partial charge on any atom is -0.467 e. The van der Waals surface area contributed by atoms with E-state index in [1.54, 1.807) is 24.5 Å². The normalized spacial score (nSPS) is 24.4. The number of hydrogen-bond acceptors (Lipinski definition) is 4. The summed E-state index contributed by atoms with van der Waals surface area (Å²) in [5.41, 5.74) is 2.27. The first-order valence-corrected chi connectivity index (χ1v) is 8.80. The van der Waals surface area contributed by atoms with Crippen LogP contribution in [0.25, 0.3) is 0 Å². The minimum atomic E-state index is -0.472. The first kappa shape index (κ1) is 16.6. The zero-order valence-corrected chi connectivity index (χ0v) is 14.5. The summed E-state index contributed by atoms with van der Waals surface area (Å²) in [7, 11) is 0. The summed E-state index contributed by atoms with van der Waals surface area (Å²) in [6.45, 7) is 4.91. The largest absolute Gasteiger partial charge is 0.467 e. The molecule has 134 valence electrons.